The molecule has 0 saturated carbocycles. The van der Waals surface area contributed by atoms with E-state index in [2.05, 4.69) is 52.5 Å². The zero-order chi connectivity index (χ0) is 14.8. The van der Waals surface area contributed by atoms with Crippen LogP contribution in [0.3, 0.4) is 0 Å². The summed E-state index contributed by atoms with van der Waals surface area (Å²) in [6.07, 6.45) is 5.31. The number of rotatable bonds is 4. The van der Waals surface area contributed by atoms with Crippen LogP contribution in [0, 0.1) is 0 Å². The summed E-state index contributed by atoms with van der Waals surface area (Å²) in [6.45, 7) is 10.4. The van der Waals surface area contributed by atoms with Crippen LogP contribution in [0.2, 0.25) is 0 Å². The van der Waals surface area contributed by atoms with Crippen LogP contribution in [0.15, 0.2) is 24.5 Å². The highest BCUT2D eigenvalue weighted by Crippen LogP contribution is 2.23. The van der Waals surface area contributed by atoms with Crippen molar-refractivity contribution in [3.05, 3.63) is 30.1 Å². The molecule has 21 heavy (non-hydrogen) atoms. The van der Waals surface area contributed by atoms with Gasteiger partial charge in [-0.2, -0.15) is 0 Å². The fraction of sp³-hybridized carbons (Fsp3) is 0.588. The van der Waals surface area contributed by atoms with Crippen molar-refractivity contribution < 1.29 is 0 Å². The highest BCUT2D eigenvalue weighted by Gasteiger charge is 2.16. The first kappa shape index (κ1) is 14.5. The van der Waals surface area contributed by atoms with Gasteiger partial charge < -0.3 is 14.4 Å². The molecular formula is C17H26N4. The molecule has 3 rings (SSSR count). The maximum atomic E-state index is 4.61. The lowest BCUT2D eigenvalue weighted by Crippen LogP contribution is -2.45. The van der Waals surface area contributed by atoms with Crippen molar-refractivity contribution in [3.8, 4) is 0 Å². The standard InChI is InChI=1S/C17H26N4/c1-14(2)21-13-15(17-16(21)5-4-7-18-17)6-8-20-11-9-19(3)10-12-20/h4-5,7,13-14H,6,8-12H2,1-3H3. The molecule has 1 saturated heterocycles. The number of pyridine rings is 1. The summed E-state index contributed by atoms with van der Waals surface area (Å²) < 4.78 is 2.35. The van der Waals surface area contributed by atoms with Gasteiger partial charge in [-0.15, -0.1) is 0 Å². The average Bonchev–Trinajstić information content (AvgIpc) is 2.86. The number of likely N-dealkylation sites (N-methyl/N-ethyl adjacent to an activating group) is 1. The molecule has 2 aromatic rings. The fourth-order valence-electron chi connectivity index (χ4n) is 3.11. The van der Waals surface area contributed by atoms with Crippen LogP contribution >= 0.6 is 0 Å². The highest BCUT2D eigenvalue weighted by atomic mass is 15.2. The normalized spacial score (nSPS) is 17.9. The second kappa shape index (κ2) is 6.16. The Kier molecular flexibility index (Phi) is 4.27. The van der Waals surface area contributed by atoms with Gasteiger partial charge in [0.1, 0.15) is 0 Å². The van der Waals surface area contributed by atoms with Crippen molar-refractivity contribution in [3.63, 3.8) is 0 Å². The van der Waals surface area contributed by atoms with Gasteiger partial charge in [-0.3, -0.25) is 4.98 Å². The van der Waals surface area contributed by atoms with Gasteiger partial charge in [0, 0.05) is 51.2 Å². The van der Waals surface area contributed by atoms with Crippen LogP contribution in [0.1, 0.15) is 25.5 Å². The van der Waals surface area contributed by atoms with Crippen LogP contribution in [0.4, 0.5) is 0 Å². The molecule has 0 aliphatic carbocycles. The lowest BCUT2D eigenvalue weighted by Gasteiger charge is -2.32. The van der Waals surface area contributed by atoms with Crippen LogP contribution in [0.25, 0.3) is 11.0 Å². The summed E-state index contributed by atoms with van der Waals surface area (Å²) in [7, 11) is 2.21. The van der Waals surface area contributed by atoms with E-state index < -0.39 is 0 Å². The van der Waals surface area contributed by atoms with Crippen LogP contribution in [0.5, 0.6) is 0 Å². The van der Waals surface area contributed by atoms with Crippen LogP contribution in [-0.4, -0.2) is 59.1 Å². The van der Waals surface area contributed by atoms with E-state index in [1.54, 1.807) is 0 Å². The second-order valence-corrected chi connectivity index (χ2v) is 6.42. The molecule has 3 heterocycles. The van der Waals surface area contributed by atoms with Gasteiger partial charge in [0.25, 0.3) is 0 Å². The van der Waals surface area contributed by atoms with Crippen LogP contribution < -0.4 is 0 Å². The third-order valence-electron chi connectivity index (χ3n) is 4.51. The molecule has 0 spiro atoms. The van der Waals surface area contributed by atoms with Gasteiger partial charge in [0.05, 0.1) is 11.0 Å². The van der Waals surface area contributed by atoms with Gasteiger partial charge in [0.2, 0.25) is 0 Å². The minimum Gasteiger partial charge on any atom is -0.343 e. The van der Waals surface area contributed by atoms with E-state index in [4.69, 9.17) is 0 Å². The van der Waals surface area contributed by atoms with Crippen molar-refractivity contribution in [1.82, 2.24) is 19.4 Å². The second-order valence-electron chi connectivity index (χ2n) is 6.42. The Balaban J connectivity index is 1.75. The van der Waals surface area contributed by atoms with E-state index in [-0.39, 0.29) is 0 Å². The molecule has 4 heteroatoms. The first-order valence-corrected chi connectivity index (χ1v) is 8.00. The first-order valence-electron chi connectivity index (χ1n) is 8.00. The van der Waals surface area contributed by atoms with E-state index >= 15 is 0 Å². The molecule has 1 aliphatic heterocycles. The first-order chi connectivity index (χ1) is 10.1. The Hall–Kier alpha value is -1.39. The number of nitrogens with zero attached hydrogens (tertiary/aromatic N) is 4. The third-order valence-corrected chi connectivity index (χ3v) is 4.51. The summed E-state index contributed by atoms with van der Waals surface area (Å²) in [5.41, 5.74) is 3.83. The van der Waals surface area contributed by atoms with Crippen molar-refractivity contribution >= 4 is 11.0 Å². The molecule has 0 atom stereocenters. The van der Waals surface area contributed by atoms with Crippen molar-refractivity contribution in [1.29, 1.82) is 0 Å². The molecule has 114 valence electrons. The number of hydrogen-bond donors (Lipinski definition) is 0. The molecular weight excluding hydrogens is 260 g/mol. The highest BCUT2D eigenvalue weighted by molar-refractivity contribution is 5.79. The SMILES string of the molecule is CC(C)n1cc(CCN2CCN(C)CC2)c2ncccc21. The molecule has 0 amide bonds. The zero-order valence-electron chi connectivity index (χ0n) is 13.4. The minimum atomic E-state index is 0.481. The Morgan fingerprint density at radius 3 is 2.67 bits per heavy atom. The molecule has 1 fully saturated rings. The molecule has 0 unspecified atom stereocenters. The number of hydrogen-bond acceptors (Lipinski definition) is 3. The monoisotopic (exact) mass is 286 g/mol. The van der Waals surface area contributed by atoms with Gasteiger partial charge >= 0.3 is 0 Å². The molecule has 4 nitrogen and oxygen atoms in total. The van der Waals surface area contributed by atoms with Crippen LogP contribution in [-0.2, 0) is 6.42 Å². The number of piperazine rings is 1. The van der Waals surface area contributed by atoms with Gasteiger partial charge in [0.15, 0.2) is 0 Å². The van der Waals surface area contributed by atoms with E-state index in [1.807, 2.05) is 12.3 Å². The van der Waals surface area contributed by atoms with Crippen molar-refractivity contribution in [2.45, 2.75) is 26.3 Å². The quantitative estimate of drug-likeness (QED) is 0.862. The third kappa shape index (κ3) is 3.11. The summed E-state index contributed by atoms with van der Waals surface area (Å²) in [6, 6.07) is 4.70. The molecule has 2 aromatic heterocycles. The van der Waals surface area contributed by atoms with E-state index in [9.17, 15) is 0 Å². The number of fused-ring (bicyclic) bond motifs is 1. The Bertz CT molecular complexity index is 594. The maximum absolute atomic E-state index is 4.61. The van der Waals surface area contributed by atoms with Gasteiger partial charge in [-0.25, -0.2) is 0 Å². The Morgan fingerprint density at radius 2 is 1.95 bits per heavy atom. The largest absolute Gasteiger partial charge is 0.343 e. The van der Waals surface area contributed by atoms with Gasteiger partial charge in [-0.1, -0.05) is 0 Å². The predicted octanol–water partition coefficient (Wildman–Crippen LogP) is 2.41. The minimum absolute atomic E-state index is 0.481. The predicted molar refractivity (Wildman–Crippen MR) is 87.8 cm³/mol. The lowest BCUT2D eigenvalue weighted by molar-refractivity contribution is 0.155. The Labute approximate surface area is 127 Å². The van der Waals surface area contributed by atoms with Gasteiger partial charge in [-0.05, 0) is 45.0 Å². The summed E-state index contributed by atoms with van der Waals surface area (Å²) in [4.78, 5) is 9.59. The summed E-state index contributed by atoms with van der Waals surface area (Å²) in [5.74, 6) is 0. The summed E-state index contributed by atoms with van der Waals surface area (Å²) >= 11 is 0. The average molecular weight is 286 g/mol. The van der Waals surface area contributed by atoms with E-state index in [0.29, 0.717) is 6.04 Å². The molecule has 0 aromatic carbocycles. The lowest BCUT2D eigenvalue weighted by atomic mass is 10.2. The molecule has 0 bridgehead atoms. The van der Waals surface area contributed by atoms with Crippen molar-refractivity contribution in [2.24, 2.45) is 0 Å². The van der Waals surface area contributed by atoms with E-state index in [1.165, 1.54) is 42.8 Å². The number of aromatic nitrogens is 2. The van der Waals surface area contributed by atoms with E-state index in [0.717, 1.165) is 13.0 Å². The molecule has 0 N–H and O–H groups in total. The molecule has 0 radical (unpaired) electrons. The zero-order valence-corrected chi connectivity index (χ0v) is 13.4. The molecule has 1 aliphatic rings. The summed E-state index contributed by atoms with van der Waals surface area (Å²) in [5, 5.41) is 0. The maximum Gasteiger partial charge on any atom is 0.0913 e. The topological polar surface area (TPSA) is 24.3 Å². The Morgan fingerprint density at radius 1 is 1.19 bits per heavy atom. The van der Waals surface area contributed by atoms with Crippen molar-refractivity contribution in [2.75, 3.05) is 39.8 Å². The fourth-order valence-corrected chi connectivity index (χ4v) is 3.11. The smallest absolute Gasteiger partial charge is 0.0913 e.